The summed E-state index contributed by atoms with van der Waals surface area (Å²) in [5.41, 5.74) is 1.34. The van der Waals surface area contributed by atoms with Crippen molar-refractivity contribution in [2.45, 2.75) is 6.54 Å². The van der Waals surface area contributed by atoms with E-state index < -0.39 is 7.12 Å². The Bertz CT molecular complexity index is 373. The van der Waals surface area contributed by atoms with Gasteiger partial charge in [0.25, 0.3) is 0 Å². The third-order valence-corrected chi connectivity index (χ3v) is 2.75. The minimum absolute atomic E-state index is 0.500. The van der Waals surface area contributed by atoms with Crippen LogP contribution >= 0.6 is 0 Å². The van der Waals surface area contributed by atoms with E-state index in [0.717, 1.165) is 12.1 Å². The summed E-state index contributed by atoms with van der Waals surface area (Å²) >= 11 is 0. The van der Waals surface area contributed by atoms with Crippen molar-refractivity contribution in [3.63, 3.8) is 0 Å². The second-order valence-corrected chi connectivity index (χ2v) is 4.17. The van der Waals surface area contributed by atoms with E-state index in [-0.39, 0.29) is 0 Å². The van der Waals surface area contributed by atoms with Crippen LogP contribution in [0, 0.1) is 0 Å². The molecule has 0 aliphatic carbocycles. The number of hydrogen-bond acceptors (Lipinski definition) is 5. The van der Waals surface area contributed by atoms with Crippen molar-refractivity contribution in [1.29, 1.82) is 0 Å². The summed E-state index contributed by atoms with van der Waals surface area (Å²) in [4.78, 5) is 2.05. The molecule has 0 amide bonds. The maximum absolute atomic E-state index is 9.33. The zero-order chi connectivity index (χ0) is 13.5. The van der Waals surface area contributed by atoms with Crippen LogP contribution < -0.4 is 10.2 Å². The van der Waals surface area contributed by atoms with Crippen molar-refractivity contribution in [3.05, 3.63) is 23.8 Å². The van der Waals surface area contributed by atoms with Gasteiger partial charge in [-0.05, 0) is 30.2 Å². The molecule has 0 unspecified atom stereocenters. The summed E-state index contributed by atoms with van der Waals surface area (Å²) in [5, 5.41) is 18.7. The fraction of sp³-hybridized carbons (Fsp3) is 0.500. The summed E-state index contributed by atoms with van der Waals surface area (Å²) in [6.45, 7) is 2.01. The molecule has 1 rings (SSSR count). The van der Waals surface area contributed by atoms with E-state index in [1.54, 1.807) is 26.4 Å². The summed E-state index contributed by atoms with van der Waals surface area (Å²) in [6.07, 6.45) is 0. The van der Waals surface area contributed by atoms with E-state index in [2.05, 4.69) is 0 Å². The molecule has 1 aromatic rings. The van der Waals surface area contributed by atoms with Crippen LogP contribution in [-0.2, 0) is 11.3 Å². The predicted molar refractivity (Wildman–Crippen MR) is 71.0 cm³/mol. The van der Waals surface area contributed by atoms with E-state index >= 15 is 0 Å². The molecule has 0 saturated heterocycles. The van der Waals surface area contributed by atoms with Gasteiger partial charge in [-0.15, -0.1) is 0 Å². The molecule has 0 saturated carbocycles. The highest BCUT2D eigenvalue weighted by Crippen LogP contribution is 2.12. The second-order valence-electron chi connectivity index (χ2n) is 4.17. The Morgan fingerprint density at radius 2 is 2.00 bits per heavy atom. The largest absolute Gasteiger partial charge is 0.497 e. The normalized spacial score (nSPS) is 10.8. The Morgan fingerprint density at radius 3 is 2.56 bits per heavy atom. The van der Waals surface area contributed by atoms with Gasteiger partial charge in [0.05, 0.1) is 13.7 Å². The highest BCUT2D eigenvalue weighted by atomic mass is 16.5. The molecule has 0 spiro atoms. The molecule has 2 N–H and O–H groups in total. The van der Waals surface area contributed by atoms with Gasteiger partial charge in [-0.25, -0.2) is 0 Å². The predicted octanol–water partition coefficient (Wildman–Crippen LogP) is -0.547. The summed E-state index contributed by atoms with van der Waals surface area (Å²) in [7, 11) is 3.72. The second kappa shape index (κ2) is 7.38. The van der Waals surface area contributed by atoms with Crippen LogP contribution in [0.1, 0.15) is 5.56 Å². The summed E-state index contributed by atoms with van der Waals surface area (Å²) in [6, 6.07) is 5.20. The lowest BCUT2D eigenvalue weighted by Gasteiger charge is -2.19. The fourth-order valence-electron chi connectivity index (χ4n) is 1.71. The van der Waals surface area contributed by atoms with E-state index in [0.29, 0.717) is 24.4 Å². The van der Waals surface area contributed by atoms with Gasteiger partial charge in [-0.2, -0.15) is 0 Å². The average Bonchev–Trinajstić information content (AvgIpc) is 2.35. The minimum Gasteiger partial charge on any atom is -0.497 e. The van der Waals surface area contributed by atoms with Crippen molar-refractivity contribution in [1.82, 2.24) is 4.90 Å². The lowest BCUT2D eigenvalue weighted by Crippen LogP contribution is -2.35. The molecule has 0 atom stereocenters. The molecule has 0 aromatic heterocycles. The topological polar surface area (TPSA) is 62.2 Å². The number of likely N-dealkylation sites (N-methyl/N-ethyl adjacent to an activating group) is 1. The summed E-state index contributed by atoms with van der Waals surface area (Å²) in [5.74, 6) is 0.703. The van der Waals surface area contributed by atoms with Gasteiger partial charge in [0.2, 0.25) is 0 Å². The molecular weight excluding hydrogens is 233 g/mol. The molecule has 1 aromatic carbocycles. The van der Waals surface area contributed by atoms with Gasteiger partial charge in [0.1, 0.15) is 5.75 Å². The van der Waals surface area contributed by atoms with Crippen LogP contribution in [0.25, 0.3) is 0 Å². The van der Waals surface area contributed by atoms with Crippen molar-refractivity contribution in [2.75, 3.05) is 34.4 Å². The highest BCUT2D eigenvalue weighted by Gasteiger charge is 2.17. The van der Waals surface area contributed by atoms with Gasteiger partial charge in [-0.3, -0.25) is 4.90 Å². The number of benzene rings is 1. The van der Waals surface area contributed by atoms with Gasteiger partial charge in [0.15, 0.2) is 0 Å². The quantitative estimate of drug-likeness (QED) is 0.639. The van der Waals surface area contributed by atoms with Gasteiger partial charge >= 0.3 is 7.12 Å². The van der Waals surface area contributed by atoms with Crippen LogP contribution in [0.3, 0.4) is 0 Å². The van der Waals surface area contributed by atoms with Crippen LogP contribution in [0.5, 0.6) is 5.75 Å². The number of methoxy groups -OCH3 is 2. The van der Waals surface area contributed by atoms with Gasteiger partial charge in [-0.1, -0.05) is 6.07 Å². The van der Waals surface area contributed by atoms with Crippen LogP contribution in [0.4, 0.5) is 0 Å². The first-order valence-corrected chi connectivity index (χ1v) is 5.79. The average molecular weight is 253 g/mol. The number of nitrogens with zero attached hydrogens (tertiary/aromatic N) is 1. The standard InChI is InChI=1S/C12H20BNO4/c1-14(6-7-17-2)9-10-8-11(18-3)4-5-12(10)13(15)16/h4-5,8,15-16H,6-7,9H2,1-3H3. The smallest absolute Gasteiger partial charge is 0.488 e. The van der Waals surface area contributed by atoms with E-state index in [9.17, 15) is 10.0 Å². The zero-order valence-electron chi connectivity index (χ0n) is 11.1. The Labute approximate surface area is 108 Å². The van der Waals surface area contributed by atoms with E-state index in [1.807, 2.05) is 18.0 Å². The van der Waals surface area contributed by atoms with E-state index in [1.165, 1.54) is 0 Å². The molecule has 6 heteroatoms. The van der Waals surface area contributed by atoms with Crippen LogP contribution in [-0.4, -0.2) is 56.5 Å². The lowest BCUT2D eigenvalue weighted by atomic mass is 9.77. The van der Waals surface area contributed by atoms with Crippen LogP contribution in [0.15, 0.2) is 18.2 Å². The molecule has 0 heterocycles. The van der Waals surface area contributed by atoms with E-state index in [4.69, 9.17) is 9.47 Å². The first-order valence-electron chi connectivity index (χ1n) is 5.79. The molecule has 0 fully saturated rings. The Kier molecular flexibility index (Phi) is 6.14. The number of rotatable bonds is 7. The Balaban J connectivity index is 2.83. The zero-order valence-corrected chi connectivity index (χ0v) is 11.1. The first kappa shape index (κ1) is 15.0. The highest BCUT2D eigenvalue weighted by molar-refractivity contribution is 6.59. The molecular formula is C12H20BNO4. The summed E-state index contributed by atoms with van der Waals surface area (Å²) < 4.78 is 10.2. The van der Waals surface area contributed by atoms with Crippen molar-refractivity contribution < 1.29 is 19.5 Å². The molecule has 0 aliphatic rings. The van der Waals surface area contributed by atoms with Gasteiger partial charge < -0.3 is 19.5 Å². The SMILES string of the molecule is COCCN(C)Cc1cc(OC)ccc1B(O)O. The maximum atomic E-state index is 9.33. The third kappa shape index (κ3) is 4.31. The molecule has 0 radical (unpaired) electrons. The molecule has 5 nitrogen and oxygen atoms in total. The van der Waals surface area contributed by atoms with Gasteiger partial charge in [0, 0.05) is 20.2 Å². The van der Waals surface area contributed by atoms with Crippen molar-refractivity contribution in [3.8, 4) is 5.75 Å². The number of ether oxygens (including phenoxy) is 2. The number of hydrogen-bond donors (Lipinski definition) is 2. The maximum Gasteiger partial charge on any atom is 0.488 e. The lowest BCUT2D eigenvalue weighted by molar-refractivity contribution is 0.158. The Morgan fingerprint density at radius 1 is 1.28 bits per heavy atom. The molecule has 18 heavy (non-hydrogen) atoms. The molecule has 0 bridgehead atoms. The van der Waals surface area contributed by atoms with Crippen LogP contribution in [0.2, 0.25) is 0 Å². The van der Waals surface area contributed by atoms with Crippen molar-refractivity contribution in [2.24, 2.45) is 0 Å². The molecule has 0 aliphatic heterocycles. The first-order chi connectivity index (χ1) is 8.58. The third-order valence-electron chi connectivity index (χ3n) is 2.75. The fourth-order valence-corrected chi connectivity index (χ4v) is 1.71. The van der Waals surface area contributed by atoms with Crippen molar-refractivity contribution >= 4 is 12.6 Å². The minimum atomic E-state index is -1.47. The monoisotopic (exact) mass is 253 g/mol. The molecule has 100 valence electrons. The Hall–Kier alpha value is -1.08.